The van der Waals surface area contributed by atoms with Crippen molar-refractivity contribution in [3.63, 3.8) is 0 Å². The number of thioether (sulfide) groups is 1. The first-order valence-electron chi connectivity index (χ1n) is 9.59. The fraction of sp³-hybridized carbons (Fsp3) is 0.318. The molecular weight excluding hydrogens is 389 g/mol. The first-order chi connectivity index (χ1) is 14.1. The van der Waals surface area contributed by atoms with Gasteiger partial charge in [0, 0.05) is 5.56 Å². The van der Waals surface area contributed by atoms with Gasteiger partial charge in [0.1, 0.15) is 11.6 Å². The van der Waals surface area contributed by atoms with Gasteiger partial charge >= 0.3 is 0 Å². The zero-order valence-electron chi connectivity index (χ0n) is 16.5. The van der Waals surface area contributed by atoms with E-state index in [4.69, 9.17) is 4.74 Å². The highest BCUT2D eigenvalue weighted by Crippen LogP contribution is 2.32. The molecule has 1 amide bonds. The van der Waals surface area contributed by atoms with Crippen molar-refractivity contribution in [3.8, 4) is 5.75 Å². The van der Waals surface area contributed by atoms with Gasteiger partial charge in [0.05, 0.1) is 25.1 Å². The number of methoxy groups -OCH3 is 1. The molecule has 0 unspecified atom stereocenters. The van der Waals surface area contributed by atoms with Gasteiger partial charge in [-0.2, -0.15) is 5.10 Å². The Morgan fingerprint density at radius 3 is 2.69 bits per heavy atom. The van der Waals surface area contributed by atoms with Crippen molar-refractivity contribution in [3.05, 3.63) is 65.5 Å². The normalized spacial score (nSPS) is 18.2. The molecule has 0 aliphatic carbocycles. The van der Waals surface area contributed by atoms with E-state index in [0.29, 0.717) is 17.5 Å². The number of halogens is 1. The van der Waals surface area contributed by atoms with Crippen LogP contribution < -0.4 is 4.74 Å². The Morgan fingerprint density at radius 1 is 1.21 bits per heavy atom. The van der Waals surface area contributed by atoms with Crippen LogP contribution in [0.4, 0.5) is 4.39 Å². The van der Waals surface area contributed by atoms with Crippen LogP contribution in [0.2, 0.25) is 0 Å². The fourth-order valence-electron chi connectivity index (χ4n) is 2.99. The van der Waals surface area contributed by atoms with Crippen molar-refractivity contribution in [1.29, 1.82) is 0 Å². The molecule has 0 saturated carbocycles. The van der Waals surface area contributed by atoms with Gasteiger partial charge in [-0.05, 0) is 36.2 Å². The highest BCUT2D eigenvalue weighted by Gasteiger charge is 2.37. The lowest BCUT2D eigenvalue weighted by Gasteiger charge is -2.16. The van der Waals surface area contributed by atoms with Crippen LogP contribution in [0.15, 0.2) is 58.7 Å². The molecule has 0 aromatic heterocycles. The zero-order valence-corrected chi connectivity index (χ0v) is 17.4. The zero-order chi connectivity index (χ0) is 20.6. The molecule has 2 aromatic rings. The number of carbonyl (C=O) groups excluding carboxylic acids is 1. The van der Waals surface area contributed by atoms with Gasteiger partial charge < -0.3 is 4.74 Å². The van der Waals surface area contributed by atoms with Gasteiger partial charge in [-0.3, -0.25) is 9.69 Å². The second-order valence-corrected chi connectivity index (χ2v) is 7.84. The lowest BCUT2D eigenvalue weighted by Crippen LogP contribution is -2.31. The SMILES string of the molecule is CCCC[C@H]1S/C(=N\N=C/c2ccccc2OC)N(Cc2ccc(F)cc2)C1=O. The number of carbonyl (C=O) groups is 1. The average molecular weight is 414 g/mol. The first kappa shape index (κ1) is 21.0. The van der Waals surface area contributed by atoms with Gasteiger partial charge in [-0.15, -0.1) is 5.10 Å². The summed E-state index contributed by atoms with van der Waals surface area (Å²) in [7, 11) is 1.60. The minimum absolute atomic E-state index is 0.0269. The van der Waals surface area contributed by atoms with Crippen LogP contribution in [0, 0.1) is 5.82 Å². The molecule has 7 heteroatoms. The van der Waals surface area contributed by atoms with E-state index < -0.39 is 0 Å². The maximum atomic E-state index is 13.2. The van der Waals surface area contributed by atoms with E-state index in [1.807, 2.05) is 24.3 Å². The molecule has 29 heavy (non-hydrogen) atoms. The third kappa shape index (κ3) is 5.44. The third-order valence-electron chi connectivity index (χ3n) is 4.57. The summed E-state index contributed by atoms with van der Waals surface area (Å²) in [5.41, 5.74) is 1.65. The molecule has 1 saturated heterocycles. The van der Waals surface area contributed by atoms with Gasteiger partial charge in [0.15, 0.2) is 5.17 Å². The lowest BCUT2D eigenvalue weighted by atomic mass is 10.1. The van der Waals surface area contributed by atoms with E-state index in [1.54, 1.807) is 30.4 Å². The third-order valence-corrected chi connectivity index (χ3v) is 5.81. The summed E-state index contributed by atoms with van der Waals surface area (Å²) < 4.78 is 18.5. The molecular formula is C22H24FN3O2S. The summed E-state index contributed by atoms with van der Waals surface area (Å²) in [5.74, 6) is 0.432. The van der Waals surface area contributed by atoms with Crippen molar-refractivity contribution < 1.29 is 13.9 Å². The van der Waals surface area contributed by atoms with Crippen molar-refractivity contribution in [2.75, 3.05) is 7.11 Å². The number of ether oxygens (including phenoxy) is 1. The Kier molecular flexibility index (Phi) is 7.41. The van der Waals surface area contributed by atoms with E-state index in [1.165, 1.54) is 23.9 Å². The van der Waals surface area contributed by atoms with Gasteiger partial charge in [0.25, 0.3) is 0 Å². The van der Waals surface area contributed by atoms with Crippen molar-refractivity contribution >= 4 is 29.1 Å². The Labute approximate surface area is 174 Å². The minimum Gasteiger partial charge on any atom is -0.496 e. The Hall–Kier alpha value is -2.67. The molecule has 0 spiro atoms. The van der Waals surface area contributed by atoms with E-state index in [2.05, 4.69) is 17.1 Å². The summed E-state index contributed by atoms with van der Waals surface area (Å²) in [6.07, 6.45) is 4.42. The standard InChI is InChI=1S/C22H24FN3O2S/c1-3-4-9-20-21(27)26(15-16-10-12-18(23)13-11-16)22(29-20)25-24-14-17-7-5-6-8-19(17)28-2/h5-8,10-14,20H,3-4,9,15H2,1-2H3/b24-14-,25-22-/t20-/m1/s1. The van der Waals surface area contributed by atoms with Gasteiger partial charge in [-0.1, -0.05) is 55.8 Å². The Balaban J connectivity index is 1.81. The van der Waals surface area contributed by atoms with E-state index in [0.717, 1.165) is 30.4 Å². The van der Waals surface area contributed by atoms with E-state index in [9.17, 15) is 9.18 Å². The Morgan fingerprint density at radius 2 is 1.97 bits per heavy atom. The minimum atomic E-state index is -0.299. The quantitative estimate of drug-likeness (QED) is 0.459. The highest BCUT2D eigenvalue weighted by molar-refractivity contribution is 8.15. The second-order valence-electron chi connectivity index (χ2n) is 6.67. The molecule has 1 aliphatic heterocycles. The van der Waals surface area contributed by atoms with Crippen molar-refractivity contribution in [2.45, 2.75) is 38.0 Å². The molecule has 0 N–H and O–H groups in total. The Bertz CT molecular complexity index is 899. The maximum absolute atomic E-state index is 13.2. The first-order valence-corrected chi connectivity index (χ1v) is 10.5. The molecule has 5 nitrogen and oxygen atoms in total. The summed E-state index contributed by atoms with van der Waals surface area (Å²) in [4.78, 5) is 14.5. The van der Waals surface area contributed by atoms with Crippen molar-refractivity contribution in [2.24, 2.45) is 10.2 Å². The largest absolute Gasteiger partial charge is 0.496 e. The summed E-state index contributed by atoms with van der Waals surface area (Å²) in [5, 5.41) is 8.92. The molecule has 1 atom stereocenters. The second kappa shape index (κ2) is 10.2. The van der Waals surface area contributed by atoms with Crippen LogP contribution in [-0.2, 0) is 11.3 Å². The van der Waals surface area contributed by atoms with E-state index >= 15 is 0 Å². The highest BCUT2D eigenvalue weighted by atomic mass is 32.2. The maximum Gasteiger partial charge on any atom is 0.242 e. The molecule has 3 rings (SSSR count). The predicted molar refractivity (Wildman–Crippen MR) is 116 cm³/mol. The number of nitrogens with zero attached hydrogens (tertiary/aromatic N) is 3. The van der Waals surface area contributed by atoms with Crippen LogP contribution in [0.25, 0.3) is 0 Å². The molecule has 1 heterocycles. The smallest absolute Gasteiger partial charge is 0.242 e. The fourth-order valence-corrected chi connectivity index (χ4v) is 4.13. The summed E-state index contributed by atoms with van der Waals surface area (Å²) in [6, 6.07) is 13.7. The summed E-state index contributed by atoms with van der Waals surface area (Å²) >= 11 is 1.44. The van der Waals surface area contributed by atoms with Gasteiger partial charge in [0.2, 0.25) is 5.91 Å². The molecule has 1 aliphatic rings. The number of amides is 1. The van der Waals surface area contributed by atoms with Crippen LogP contribution in [-0.4, -0.2) is 34.5 Å². The number of amidine groups is 1. The lowest BCUT2D eigenvalue weighted by molar-refractivity contribution is -0.126. The van der Waals surface area contributed by atoms with Crippen LogP contribution in [0.5, 0.6) is 5.75 Å². The number of rotatable bonds is 8. The molecule has 2 aromatic carbocycles. The average Bonchev–Trinajstić information content (AvgIpc) is 3.03. The van der Waals surface area contributed by atoms with Crippen LogP contribution in [0.1, 0.15) is 37.3 Å². The summed E-state index contributed by atoms with van der Waals surface area (Å²) in [6.45, 7) is 2.45. The predicted octanol–water partition coefficient (Wildman–Crippen LogP) is 4.86. The van der Waals surface area contributed by atoms with Crippen LogP contribution in [0.3, 0.4) is 0 Å². The topological polar surface area (TPSA) is 54.3 Å². The van der Waals surface area contributed by atoms with Gasteiger partial charge in [-0.25, -0.2) is 4.39 Å². The monoisotopic (exact) mass is 413 g/mol. The number of hydrogen-bond acceptors (Lipinski definition) is 5. The van der Waals surface area contributed by atoms with E-state index in [-0.39, 0.29) is 17.0 Å². The molecule has 0 radical (unpaired) electrons. The van der Waals surface area contributed by atoms with Crippen molar-refractivity contribution in [1.82, 2.24) is 4.90 Å². The number of benzene rings is 2. The number of para-hydroxylation sites is 1. The molecule has 152 valence electrons. The molecule has 1 fully saturated rings. The molecule has 0 bridgehead atoms. The van der Waals surface area contributed by atoms with Crippen LogP contribution >= 0.6 is 11.8 Å². The number of hydrogen-bond donors (Lipinski definition) is 0. The number of unbranched alkanes of at least 4 members (excludes halogenated alkanes) is 1.